The average Bonchev–Trinajstić information content (AvgIpc) is 2.70. The second-order valence-corrected chi connectivity index (χ2v) is 4.21. The lowest BCUT2D eigenvalue weighted by Gasteiger charge is -2.04. The minimum absolute atomic E-state index is 0.216. The van der Waals surface area contributed by atoms with Crippen LogP contribution in [0.5, 0.6) is 0 Å². The summed E-state index contributed by atoms with van der Waals surface area (Å²) in [4.78, 5) is 15.9. The topological polar surface area (TPSA) is 59.8 Å². The van der Waals surface area contributed by atoms with E-state index in [0.717, 1.165) is 12.1 Å². The molecule has 2 aromatic rings. The van der Waals surface area contributed by atoms with Crippen molar-refractivity contribution in [2.75, 3.05) is 5.32 Å². The second-order valence-electron chi connectivity index (χ2n) is 3.82. The van der Waals surface area contributed by atoms with Gasteiger partial charge in [0.15, 0.2) is 0 Å². The van der Waals surface area contributed by atoms with E-state index in [1.54, 1.807) is 36.1 Å². The summed E-state index contributed by atoms with van der Waals surface area (Å²) in [6, 6.07) is 5.05. The first-order valence-corrected chi connectivity index (χ1v) is 5.93. The predicted octanol–water partition coefficient (Wildman–Crippen LogP) is 2.28. The van der Waals surface area contributed by atoms with E-state index >= 15 is 0 Å². The van der Waals surface area contributed by atoms with Crippen molar-refractivity contribution in [1.82, 2.24) is 14.8 Å². The molecule has 0 fully saturated rings. The first kappa shape index (κ1) is 12.6. The largest absolute Gasteiger partial charge is 0.321 e. The van der Waals surface area contributed by atoms with Gasteiger partial charge < -0.3 is 5.32 Å². The van der Waals surface area contributed by atoms with Crippen LogP contribution in [0.4, 0.5) is 5.69 Å². The predicted molar refractivity (Wildman–Crippen MR) is 69.8 cm³/mol. The normalized spacial score (nSPS) is 10.4. The van der Waals surface area contributed by atoms with Gasteiger partial charge in [-0.1, -0.05) is 18.5 Å². The molecule has 0 aliphatic rings. The van der Waals surface area contributed by atoms with Crippen LogP contribution >= 0.6 is 11.6 Å². The van der Waals surface area contributed by atoms with Crippen LogP contribution in [0.1, 0.15) is 23.1 Å². The Labute approximate surface area is 110 Å². The first-order chi connectivity index (χ1) is 8.60. The Hall–Kier alpha value is -1.88. The number of hydrogen-bond donors (Lipinski definition) is 1. The Morgan fingerprint density at radius 2 is 2.28 bits per heavy atom. The quantitative estimate of drug-likeness (QED) is 0.866. The lowest BCUT2D eigenvalue weighted by Crippen LogP contribution is -2.16. The Kier molecular flexibility index (Phi) is 3.62. The summed E-state index contributed by atoms with van der Waals surface area (Å²) in [5, 5.41) is 7.32. The number of hydrogen-bond acceptors (Lipinski definition) is 3. The molecule has 1 amide bonds. The molecule has 0 unspecified atom stereocenters. The molecule has 0 aliphatic heterocycles. The molecule has 0 radical (unpaired) electrons. The van der Waals surface area contributed by atoms with E-state index < -0.39 is 0 Å². The summed E-state index contributed by atoms with van der Waals surface area (Å²) in [5.41, 5.74) is 2.01. The van der Waals surface area contributed by atoms with Crippen molar-refractivity contribution in [3.63, 3.8) is 0 Å². The number of amides is 1. The molecule has 18 heavy (non-hydrogen) atoms. The maximum Gasteiger partial charge on any atom is 0.273 e. The molecule has 2 aromatic heterocycles. The van der Waals surface area contributed by atoms with Gasteiger partial charge in [0.05, 0.1) is 5.69 Å². The Balaban J connectivity index is 2.19. The van der Waals surface area contributed by atoms with E-state index in [9.17, 15) is 4.79 Å². The fourth-order valence-electron chi connectivity index (χ4n) is 1.59. The third-order valence-corrected chi connectivity index (χ3v) is 2.72. The number of aromatic nitrogens is 3. The van der Waals surface area contributed by atoms with Gasteiger partial charge in [0.25, 0.3) is 5.91 Å². The molecule has 0 saturated carbocycles. The zero-order valence-corrected chi connectivity index (χ0v) is 10.9. The second kappa shape index (κ2) is 5.18. The smallest absolute Gasteiger partial charge is 0.273 e. The number of carbonyl (C=O) groups excluding carboxylic acids is 1. The molecule has 0 bridgehead atoms. The maximum atomic E-state index is 12.0. The van der Waals surface area contributed by atoms with Crippen LogP contribution in [0.2, 0.25) is 5.15 Å². The van der Waals surface area contributed by atoms with Gasteiger partial charge >= 0.3 is 0 Å². The molecular formula is C12H13ClN4O. The fourth-order valence-corrected chi connectivity index (χ4v) is 1.76. The molecule has 2 rings (SSSR count). The zero-order valence-electron chi connectivity index (χ0n) is 10.1. The molecule has 94 valence electrons. The van der Waals surface area contributed by atoms with Gasteiger partial charge in [-0.3, -0.25) is 9.48 Å². The summed E-state index contributed by atoms with van der Waals surface area (Å²) in [6.07, 6.45) is 2.33. The van der Waals surface area contributed by atoms with Gasteiger partial charge in [-0.25, -0.2) is 4.98 Å². The molecule has 6 heteroatoms. The van der Waals surface area contributed by atoms with Gasteiger partial charge in [0.1, 0.15) is 10.8 Å². The van der Waals surface area contributed by atoms with Crippen molar-refractivity contribution in [3.05, 3.63) is 40.9 Å². The van der Waals surface area contributed by atoms with E-state index in [-0.39, 0.29) is 5.91 Å². The van der Waals surface area contributed by atoms with Crippen LogP contribution in [0.3, 0.4) is 0 Å². The Morgan fingerprint density at radius 3 is 2.89 bits per heavy atom. The molecule has 0 atom stereocenters. The van der Waals surface area contributed by atoms with Crippen LogP contribution in [-0.4, -0.2) is 20.7 Å². The first-order valence-electron chi connectivity index (χ1n) is 5.56. The SMILES string of the molecule is CCc1cc(C(=O)Nc2ccnc(Cl)c2)n(C)n1. The van der Waals surface area contributed by atoms with Gasteiger partial charge in [-0.2, -0.15) is 5.10 Å². The number of pyridine rings is 1. The number of anilines is 1. The number of halogens is 1. The van der Waals surface area contributed by atoms with Crippen LogP contribution in [0.25, 0.3) is 0 Å². The van der Waals surface area contributed by atoms with E-state index in [4.69, 9.17) is 11.6 Å². The minimum atomic E-state index is -0.216. The fraction of sp³-hybridized carbons (Fsp3) is 0.250. The van der Waals surface area contributed by atoms with Crippen molar-refractivity contribution in [3.8, 4) is 0 Å². The van der Waals surface area contributed by atoms with Crippen LogP contribution in [-0.2, 0) is 13.5 Å². The molecular weight excluding hydrogens is 252 g/mol. The third kappa shape index (κ3) is 2.68. The standard InChI is InChI=1S/C12H13ClN4O/c1-3-8-6-10(17(2)16-8)12(18)15-9-4-5-14-11(13)7-9/h4-7H,3H2,1-2H3,(H,14,15,18). The minimum Gasteiger partial charge on any atom is -0.321 e. The number of nitrogens with one attached hydrogen (secondary N) is 1. The molecule has 0 aromatic carbocycles. The molecule has 0 saturated heterocycles. The van der Waals surface area contributed by atoms with Crippen molar-refractivity contribution >= 4 is 23.2 Å². The summed E-state index contributed by atoms with van der Waals surface area (Å²) < 4.78 is 1.57. The highest BCUT2D eigenvalue weighted by atomic mass is 35.5. The van der Waals surface area contributed by atoms with Crippen molar-refractivity contribution < 1.29 is 4.79 Å². The molecule has 2 heterocycles. The Morgan fingerprint density at radius 1 is 1.50 bits per heavy atom. The van der Waals surface area contributed by atoms with E-state index in [1.165, 1.54) is 0 Å². The number of nitrogens with zero attached hydrogens (tertiary/aromatic N) is 3. The lowest BCUT2D eigenvalue weighted by molar-refractivity contribution is 0.101. The van der Waals surface area contributed by atoms with Gasteiger partial charge in [0.2, 0.25) is 0 Å². The highest BCUT2D eigenvalue weighted by Crippen LogP contribution is 2.13. The molecule has 5 nitrogen and oxygen atoms in total. The summed E-state index contributed by atoms with van der Waals surface area (Å²) >= 11 is 5.75. The van der Waals surface area contributed by atoms with Crippen molar-refractivity contribution in [1.29, 1.82) is 0 Å². The summed E-state index contributed by atoms with van der Waals surface area (Å²) in [7, 11) is 1.74. The van der Waals surface area contributed by atoms with E-state index in [1.807, 2.05) is 6.92 Å². The monoisotopic (exact) mass is 264 g/mol. The molecule has 0 spiro atoms. The molecule has 1 N–H and O–H groups in total. The van der Waals surface area contributed by atoms with Crippen LogP contribution in [0, 0.1) is 0 Å². The van der Waals surface area contributed by atoms with Crippen LogP contribution < -0.4 is 5.32 Å². The summed E-state index contributed by atoms with van der Waals surface area (Å²) in [5.74, 6) is -0.216. The van der Waals surface area contributed by atoms with Gasteiger partial charge in [-0.05, 0) is 24.6 Å². The van der Waals surface area contributed by atoms with Crippen molar-refractivity contribution in [2.24, 2.45) is 7.05 Å². The molecule has 0 aliphatic carbocycles. The van der Waals surface area contributed by atoms with Crippen molar-refractivity contribution in [2.45, 2.75) is 13.3 Å². The zero-order chi connectivity index (χ0) is 13.1. The van der Waals surface area contributed by atoms with Crippen LogP contribution in [0.15, 0.2) is 24.4 Å². The highest BCUT2D eigenvalue weighted by Gasteiger charge is 2.12. The number of carbonyl (C=O) groups is 1. The van der Waals surface area contributed by atoms with E-state index in [2.05, 4.69) is 15.4 Å². The van der Waals surface area contributed by atoms with Gasteiger partial charge in [0, 0.05) is 18.9 Å². The number of rotatable bonds is 3. The lowest BCUT2D eigenvalue weighted by atomic mass is 10.3. The summed E-state index contributed by atoms with van der Waals surface area (Å²) in [6.45, 7) is 1.99. The van der Waals surface area contributed by atoms with E-state index in [0.29, 0.717) is 16.5 Å². The average molecular weight is 265 g/mol. The third-order valence-electron chi connectivity index (χ3n) is 2.51. The Bertz CT molecular complexity index is 579. The number of aryl methyl sites for hydroxylation is 2. The highest BCUT2D eigenvalue weighted by molar-refractivity contribution is 6.29. The van der Waals surface area contributed by atoms with Gasteiger partial charge in [-0.15, -0.1) is 0 Å². The maximum absolute atomic E-state index is 12.0.